The van der Waals surface area contributed by atoms with Crippen LogP contribution in [0.3, 0.4) is 0 Å². The van der Waals surface area contributed by atoms with E-state index in [4.69, 9.17) is 9.47 Å². The van der Waals surface area contributed by atoms with Gasteiger partial charge in [-0.15, -0.1) is 0 Å². The molecule has 1 aromatic rings. The zero-order valence-corrected chi connectivity index (χ0v) is 13.8. The number of hydrogen-bond acceptors (Lipinski definition) is 3. The SMILES string of the molecule is C[C@H]1Cc2ccccc2N1C(=O)NCCCOC1CCOCC1. The molecule has 1 atom stereocenters. The van der Waals surface area contributed by atoms with E-state index >= 15 is 0 Å². The summed E-state index contributed by atoms with van der Waals surface area (Å²) in [7, 11) is 0. The lowest BCUT2D eigenvalue weighted by atomic mass is 10.1. The normalized spacial score (nSPS) is 21.3. The van der Waals surface area contributed by atoms with Crippen molar-refractivity contribution < 1.29 is 14.3 Å². The summed E-state index contributed by atoms with van der Waals surface area (Å²) >= 11 is 0. The molecule has 3 rings (SSSR count). The molecule has 5 heteroatoms. The molecule has 0 unspecified atom stereocenters. The highest BCUT2D eigenvalue weighted by atomic mass is 16.5. The van der Waals surface area contributed by atoms with Crippen LogP contribution in [0.2, 0.25) is 0 Å². The van der Waals surface area contributed by atoms with E-state index in [9.17, 15) is 4.79 Å². The largest absolute Gasteiger partial charge is 0.381 e. The molecule has 2 heterocycles. The second-order valence-electron chi connectivity index (χ2n) is 6.32. The molecule has 0 bridgehead atoms. The van der Waals surface area contributed by atoms with Crippen LogP contribution >= 0.6 is 0 Å². The van der Waals surface area contributed by atoms with Crippen LogP contribution in [0.25, 0.3) is 0 Å². The Balaban J connectivity index is 1.39. The number of benzene rings is 1. The zero-order valence-electron chi connectivity index (χ0n) is 13.8. The van der Waals surface area contributed by atoms with Crippen molar-refractivity contribution in [3.8, 4) is 0 Å². The number of carbonyl (C=O) groups is 1. The molecule has 0 saturated carbocycles. The highest BCUT2D eigenvalue weighted by Crippen LogP contribution is 2.31. The standard InChI is InChI=1S/C18H26N2O3/c1-14-13-15-5-2-3-6-17(15)20(14)18(21)19-9-4-10-23-16-7-11-22-12-8-16/h2-3,5-6,14,16H,4,7-13H2,1H3,(H,19,21)/t14-/m0/s1. The fourth-order valence-corrected chi connectivity index (χ4v) is 3.32. The number of carbonyl (C=O) groups excluding carboxylic acids is 1. The Bertz CT molecular complexity index is 529. The lowest BCUT2D eigenvalue weighted by molar-refractivity contribution is -0.0320. The summed E-state index contributed by atoms with van der Waals surface area (Å²) in [6, 6.07) is 8.34. The summed E-state index contributed by atoms with van der Waals surface area (Å²) in [5, 5.41) is 3.02. The zero-order chi connectivity index (χ0) is 16.1. The predicted octanol–water partition coefficient (Wildman–Crippen LogP) is 2.73. The first-order valence-corrected chi connectivity index (χ1v) is 8.60. The van der Waals surface area contributed by atoms with Crippen LogP contribution in [0.4, 0.5) is 10.5 Å². The molecule has 0 aliphatic carbocycles. The van der Waals surface area contributed by atoms with Crippen LogP contribution in [0.15, 0.2) is 24.3 Å². The second kappa shape index (κ2) is 7.79. The Morgan fingerprint density at radius 3 is 2.96 bits per heavy atom. The number of para-hydroxylation sites is 1. The first kappa shape index (κ1) is 16.3. The quantitative estimate of drug-likeness (QED) is 0.849. The molecule has 2 amide bonds. The minimum Gasteiger partial charge on any atom is -0.381 e. The Kier molecular flexibility index (Phi) is 5.51. The fourth-order valence-electron chi connectivity index (χ4n) is 3.32. The van der Waals surface area contributed by atoms with Gasteiger partial charge in [0, 0.05) is 38.1 Å². The van der Waals surface area contributed by atoms with E-state index in [0.717, 1.165) is 44.6 Å². The van der Waals surface area contributed by atoms with Crippen molar-refractivity contribution in [2.24, 2.45) is 0 Å². The molecule has 0 aromatic heterocycles. The summed E-state index contributed by atoms with van der Waals surface area (Å²) in [5.41, 5.74) is 2.29. The van der Waals surface area contributed by atoms with Crippen molar-refractivity contribution in [2.45, 2.75) is 44.8 Å². The summed E-state index contributed by atoms with van der Waals surface area (Å²) in [4.78, 5) is 14.3. The third-order valence-electron chi connectivity index (χ3n) is 4.55. The van der Waals surface area contributed by atoms with Gasteiger partial charge < -0.3 is 14.8 Å². The van der Waals surface area contributed by atoms with Gasteiger partial charge in [0.05, 0.1) is 6.10 Å². The number of fused-ring (bicyclic) bond motifs is 1. The maximum Gasteiger partial charge on any atom is 0.322 e. The second-order valence-corrected chi connectivity index (χ2v) is 6.32. The lowest BCUT2D eigenvalue weighted by Gasteiger charge is -2.24. The van der Waals surface area contributed by atoms with Gasteiger partial charge in [-0.25, -0.2) is 4.79 Å². The van der Waals surface area contributed by atoms with Crippen molar-refractivity contribution in [1.29, 1.82) is 0 Å². The number of urea groups is 1. The molecular weight excluding hydrogens is 292 g/mol. The lowest BCUT2D eigenvalue weighted by Crippen LogP contribution is -2.43. The van der Waals surface area contributed by atoms with Crippen LogP contribution in [-0.4, -0.2) is 44.5 Å². The van der Waals surface area contributed by atoms with Crippen molar-refractivity contribution in [3.05, 3.63) is 29.8 Å². The number of amides is 2. The van der Waals surface area contributed by atoms with E-state index in [0.29, 0.717) is 19.3 Å². The molecule has 1 N–H and O–H groups in total. The molecule has 1 saturated heterocycles. The molecule has 1 aromatic carbocycles. The molecule has 23 heavy (non-hydrogen) atoms. The fraction of sp³-hybridized carbons (Fsp3) is 0.611. The van der Waals surface area contributed by atoms with E-state index in [1.807, 2.05) is 23.1 Å². The summed E-state index contributed by atoms with van der Waals surface area (Å²) in [6.07, 6.45) is 4.05. The van der Waals surface area contributed by atoms with Gasteiger partial charge in [-0.3, -0.25) is 4.90 Å². The maximum absolute atomic E-state index is 12.4. The third-order valence-corrected chi connectivity index (χ3v) is 4.55. The summed E-state index contributed by atoms with van der Waals surface area (Å²) < 4.78 is 11.1. The van der Waals surface area contributed by atoms with E-state index in [1.54, 1.807) is 0 Å². The molecule has 2 aliphatic heterocycles. The number of anilines is 1. The van der Waals surface area contributed by atoms with Gasteiger partial charge in [-0.1, -0.05) is 18.2 Å². The first-order valence-electron chi connectivity index (χ1n) is 8.60. The van der Waals surface area contributed by atoms with Crippen LogP contribution in [0.1, 0.15) is 31.7 Å². The van der Waals surface area contributed by atoms with Gasteiger partial charge in [0.15, 0.2) is 0 Å². The van der Waals surface area contributed by atoms with Crippen LogP contribution in [-0.2, 0) is 15.9 Å². The number of ether oxygens (including phenoxy) is 2. The monoisotopic (exact) mass is 318 g/mol. The number of nitrogens with one attached hydrogen (secondary N) is 1. The van der Waals surface area contributed by atoms with Gasteiger partial charge in [0.25, 0.3) is 0 Å². The van der Waals surface area contributed by atoms with Gasteiger partial charge in [0.2, 0.25) is 0 Å². The van der Waals surface area contributed by atoms with Crippen molar-refractivity contribution >= 4 is 11.7 Å². The van der Waals surface area contributed by atoms with E-state index in [2.05, 4.69) is 18.3 Å². The Labute approximate surface area is 137 Å². The number of rotatable bonds is 5. The average molecular weight is 318 g/mol. The molecule has 2 aliphatic rings. The van der Waals surface area contributed by atoms with Crippen LogP contribution in [0.5, 0.6) is 0 Å². The third kappa shape index (κ3) is 4.03. The Hall–Kier alpha value is -1.59. The molecular formula is C18H26N2O3. The van der Waals surface area contributed by atoms with E-state index in [-0.39, 0.29) is 12.1 Å². The van der Waals surface area contributed by atoms with Gasteiger partial charge in [-0.05, 0) is 44.2 Å². The van der Waals surface area contributed by atoms with Gasteiger partial charge in [0.1, 0.15) is 0 Å². The van der Waals surface area contributed by atoms with E-state index < -0.39 is 0 Å². The van der Waals surface area contributed by atoms with Crippen LogP contribution < -0.4 is 10.2 Å². The van der Waals surface area contributed by atoms with Crippen LogP contribution in [0, 0.1) is 0 Å². The topological polar surface area (TPSA) is 50.8 Å². The smallest absolute Gasteiger partial charge is 0.322 e. The minimum atomic E-state index is -0.00600. The molecule has 126 valence electrons. The van der Waals surface area contributed by atoms with Crippen molar-refractivity contribution in [1.82, 2.24) is 5.32 Å². The predicted molar refractivity (Wildman–Crippen MR) is 89.9 cm³/mol. The Morgan fingerprint density at radius 2 is 2.13 bits per heavy atom. The van der Waals surface area contributed by atoms with E-state index in [1.165, 1.54) is 5.56 Å². The number of hydrogen-bond donors (Lipinski definition) is 1. The van der Waals surface area contributed by atoms with Gasteiger partial charge in [-0.2, -0.15) is 0 Å². The highest BCUT2D eigenvalue weighted by molar-refractivity contribution is 5.94. The van der Waals surface area contributed by atoms with Crippen molar-refractivity contribution in [3.63, 3.8) is 0 Å². The first-order chi connectivity index (χ1) is 11.3. The average Bonchev–Trinajstić information content (AvgIpc) is 2.91. The van der Waals surface area contributed by atoms with Gasteiger partial charge >= 0.3 is 6.03 Å². The van der Waals surface area contributed by atoms with Crippen molar-refractivity contribution in [2.75, 3.05) is 31.3 Å². The summed E-state index contributed by atoms with van der Waals surface area (Å²) in [5.74, 6) is 0. The number of nitrogens with zero attached hydrogens (tertiary/aromatic N) is 1. The molecule has 5 nitrogen and oxygen atoms in total. The Morgan fingerprint density at radius 1 is 1.35 bits per heavy atom. The summed E-state index contributed by atoms with van der Waals surface area (Å²) in [6.45, 7) is 5.03. The molecule has 0 spiro atoms. The minimum absolute atomic E-state index is 0.00600. The highest BCUT2D eigenvalue weighted by Gasteiger charge is 2.30. The molecule has 0 radical (unpaired) electrons. The molecule has 1 fully saturated rings. The maximum atomic E-state index is 12.4.